The lowest BCUT2D eigenvalue weighted by molar-refractivity contribution is -0.121. The zero-order chi connectivity index (χ0) is 22.2. The molecular formula is C24H27NO4S2. The van der Waals surface area contributed by atoms with Gasteiger partial charge in [0.2, 0.25) is 0 Å². The molecule has 0 radical (unpaired) electrons. The standard InChI is InChI=1S/C24H27NO4S2/c1-4-25-23(26)22(31-24(25)30)16-18-11-12-20(21(15-18)27-5-2)29-14-8-13-28-19-10-7-6-9-17(19)3/h6-7,9-12,15-16H,4-5,8,13-14H2,1-3H3. The molecule has 1 amide bonds. The van der Waals surface area contributed by atoms with Gasteiger partial charge in [-0.05, 0) is 56.2 Å². The highest BCUT2D eigenvalue weighted by Gasteiger charge is 2.30. The molecule has 0 aromatic heterocycles. The predicted octanol–water partition coefficient (Wildman–Crippen LogP) is 5.46. The Kier molecular flexibility index (Phi) is 8.37. The van der Waals surface area contributed by atoms with Gasteiger partial charge in [-0.25, -0.2) is 0 Å². The average molecular weight is 458 g/mol. The number of nitrogens with zero attached hydrogens (tertiary/aromatic N) is 1. The Morgan fingerprint density at radius 1 is 1.00 bits per heavy atom. The number of aryl methyl sites for hydroxylation is 1. The van der Waals surface area contributed by atoms with Crippen LogP contribution in [0.5, 0.6) is 17.2 Å². The quantitative estimate of drug-likeness (QED) is 0.268. The maximum Gasteiger partial charge on any atom is 0.266 e. The van der Waals surface area contributed by atoms with Gasteiger partial charge in [-0.3, -0.25) is 9.69 Å². The summed E-state index contributed by atoms with van der Waals surface area (Å²) in [5, 5.41) is 0. The van der Waals surface area contributed by atoms with Crippen LogP contribution in [0.4, 0.5) is 0 Å². The van der Waals surface area contributed by atoms with Crippen LogP contribution >= 0.6 is 24.0 Å². The highest BCUT2D eigenvalue weighted by Crippen LogP contribution is 2.34. The Hall–Kier alpha value is -2.51. The lowest BCUT2D eigenvalue weighted by Crippen LogP contribution is -2.27. The van der Waals surface area contributed by atoms with Crippen LogP contribution in [0.25, 0.3) is 6.08 Å². The van der Waals surface area contributed by atoms with E-state index in [1.807, 2.05) is 69.3 Å². The van der Waals surface area contributed by atoms with E-state index in [-0.39, 0.29) is 5.91 Å². The number of hydrogen-bond donors (Lipinski definition) is 0. The molecule has 0 aliphatic carbocycles. The minimum atomic E-state index is -0.0514. The monoisotopic (exact) mass is 457 g/mol. The van der Waals surface area contributed by atoms with Crippen molar-refractivity contribution in [2.45, 2.75) is 27.2 Å². The Morgan fingerprint density at radius 3 is 2.42 bits per heavy atom. The van der Waals surface area contributed by atoms with Crippen LogP contribution in [0, 0.1) is 6.92 Å². The number of ether oxygens (including phenoxy) is 3. The Labute approximate surface area is 193 Å². The molecule has 1 heterocycles. The summed E-state index contributed by atoms with van der Waals surface area (Å²) in [5.74, 6) is 2.18. The van der Waals surface area contributed by atoms with Gasteiger partial charge in [0.05, 0.1) is 24.7 Å². The molecule has 31 heavy (non-hydrogen) atoms. The fraction of sp³-hybridized carbons (Fsp3) is 0.333. The van der Waals surface area contributed by atoms with Crippen molar-refractivity contribution in [2.24, 2.45) is 0 Å². The fourth-order valence-corrected chi connectivity index (χ4v) is 4.45. The number of benzene rings is 2. The van der Waals surface area contributed by atoms with Crippen LogP contribution in [0.2, 0.25) is 0 Å². The molecule has 0 atom stereocenters. The molecule has 164 valence electrons. The third-order valence-corrected chi connectivity index (χ3v) is 6.03. The summed E-state index contributed by atoms with van der Waals surface area (Å²) < 4.78 is 18.1. The van der Waals surface area contributed by atoms with Gasteiger partial charge in [-0.15, -0.1) is 0 Å². The zero-order valence-corrected chi connectivity index (χ0v) is 19.7. The van der Waals surface area contributed by atoms with Crippen LogP contribution < -0.4 is 14.2 Å². The first-order valence-electron chi connectivity index (χ1n) is 10.4. The Balaban J connectivity index is 1.60. The van der Waals surface area contributed by atoms with Crippen LogP contribution in [-0.2, 0) is 4.79 Å². The van der Waals surface area contributed by atoms with Crippen molar-refractivity contribution >= 4 is 40.3 Å². The van der Waals surface area contributed by atoms with Gasteiger partial charge in [0.25, 0.3) is 5.91 Å². The second-order valence-electron chi connectivity index (χ2n) is 6.88. The molecule has 0 spiro atoms. The molecule has 1 saturated heterocycles. The Bertz CT molecular complexity index is 974. The van der Waals surface area contributed by atoms with E-state index >= 15 is 0 Å². The van der Waals surface area contributed by atoms with E-state index in [0.717, 1.165) is 23.3 Å². The van der Waals surface area contributed by atoms with Gasteiger partial charge in [-0.1, -0.05) is 48.2 Å². The van der Waals surface area contributed by atoms with Gasteiger partial charge in [-0.2, -0.15) is 0 Å². The summed E-state index contributed by atoms with van der Waals surface area (Å²) in [6.07, 6.45) is 2.60. The van der Waals surface area contributed by atoms with Crippen molar-refractivity contribution in [3.05, 3.63) is 58.5 Å². The summed E-state index contributed by atoms with van der Waals surface area (Å²) in [6, 6.07) is 13.6. The highest BCUT2D eigenvalue weighted by atomic mass is 32.2. The molecule has 7 heteroatoms. The highest BCUT2D eigenvalue weighted by molar-refractivity contribution is 8.26. The molecule has 0 bridgehead atoms. The van der Waals surface area contributed by atoms with Crippen molar-refractivity contribution < 1.29 is 19.0 Å². The number of carbonyl (C=O) groups is 1. The van der Waals surface area contributed by atoms with Crippen LogP contribution in [-0.4, -0.2) is 41.5 Å². The minimum Gasteiger partial charge on any atom is -0.493 e. The molecule has 2 aromatic rings. The first-order valence-corrected chi connectivity index (χ1v) is 11.6. The molecule has 2 aromatic carbocycles. The number of amides is 1. The first-order chi connectivity index (χ1) is 15.0. The van der Waals surface area contributed by atoms with E-state index in [2.05, 4.69) is 0 Å². The normalized spacial score (nSPS) is 14.9. The number of carbonyl (C=O) groups excluding carboxylic acids is 1. The molecule has 0 saturated carbocycles. The zero-order valence-electron chi connectivity index (χ0n) is 18.1. The lowest BCUT2D eigenvalue weighted by Gasteiger charge is -2.13. The first kappa shape index (κ1) is 23.2. The van der Waals surface area contributed by atoms with E-state index in [0.29, 0.717) is 47.1 Å². The smallest absolute Gasteiger partial charge is 0.266 e. The van der Waals surface area contributed by atoms with E-state index in [1.165, 1.54) is 11.8 Å². The third-order valence-electron chi connectivity index (χ3n) is 4.65. The summed E-state index contributed by atoms with van der Waals surface area (Å²) in [5.41, 5.74) is 1.99. The molecule has 0 unspecified atom stereocenters. The van der Waals surface area contributed by atoms with Crippen molar-refractivity contribution in [3.63, 3.8) is 0 Å². The van der Waals surface area contributed by atoms with Crippen LogP contribution in [0.15, 0.2) is 47.4 Å². The van der Waals surface area contributed by atoms with Crippen LogP contribution in [0.3, 0.4) is 0 Å². The summed E-state index contributed by atoms with van der Waals surface area (Å²) in [6.45, 7) is 8.06. The number of rotatable bonds is 10. The van der Waals surface area contributed by atoms with Crippen molar-refractivity contribution in [1.82, 2.24) is 4.90 Å². The van der Waals surface area contributed by atoms with Gasteiger partial charge < -0.3 is 14.2 Å². The third kappa shape index (κ3) is 6.02. The van der Waals surface area contributed by atoms with E-state index in [1.54, 1.807) is 4.90 Å². The van der Waals surface area contributed by atoms with Gasteiger partial charge in [0.15, 0.2) is 11.5 Å². The largest absolute Gasteiger partial charge is 0.493 e. The number of para-hydroxylation sites is 1. The van der Waals surface area contributed by atoms with Crippen LogP contribution in [0.1, 0.15) is 31.4 Å². The number of thiocarbonyl (C=S) groups is 1. The molecule has 0 N–H and O–H groups in total. The van der Waals surface area contributed by atoms with Gasteiger partial charge in [0, 0.05) is 13.0 Å². The summed E-state index contributed by atoms with van der Waals surface area (Å²) in [4.78, 5) is 14.7. The predicted molar refractivity (Wildman–Crippen MR) is 130 cm³/mol. The number of likely N-dealkylation sites (N-methyl/N-ethyl adjacent to an activating group) is 1. The summed E-state index contributed by atoms with van der Waals surface area (Å²) >= 11 is 6.60. The fourth-order valence-electron chi connectivity index (χ4n) is 3.07. The van der Waals surface area contributed by atoms with E-state index in [9.17, 15) is 4.79 Å². The molecular weight excluding hydrogens is 430 g/mol. The van der Waals surface area contributed by atoms with Crippen molar-refractivity contribution in [2.75, 3.05) is 26.4 Å². The topological polar surface area (TPSA) is 48.0 Å². The maximum absolute atomic E-state index is 12.4. The van der Waals surface area contributed by atoms with Gasteiger partial charge >= 0.3 is 0 Å². The van der Waals surface area contributed by atoms with Gasteiger partial charge in [0.1, 0.15) is 10.1 Å². The molecule has 1 aliphatic heterocycles. The van der Waals surface area contributed by atoms with E-state index < -0.39 is 0 Å². The molecule has 1 aliphatic rings. The van der Waals surface area contributed by atoms with Crippen molar-refractivity contribution in [1.29, 1.82) is 0 Å². The molecule has 5 nitrogen and oxygen atoms in total. The van der Waals surface area contributed by atoms with E-state index in [4.69, 9.17) is 26.4 Å². The molecule has 3 rings (SSSR count). The maximum atomic E-state index is 12.4. The minimum absolute atomic E-state index is 0.0514. The second-order valence-corrected chi connectivity index (χ2v) is 8.56. The SMILES string of the molecule is CCOc1cc(C=C2SC(=S)N(CC)C2=O)ccc1OCCCOc1ccccc1C. The number of hydrogen-bond acceptors (Lipinski definition) is 6. The molecule has 1 fully saturated rings. The average Bonchev–Trinajstić information content (AvgIpc) is 3.02. The van der Waals surface area contributed by atoms with Crippen molar-refractivity contribution in [3.8, 4) is 17.2 Å². The summed E-state index contributed by atoms with van der Waals surface area (Å²) in [7, 11) is 0. The second kappa shape index (κ2) is 11.2. The number of thioether (sulfide) groups is 1. The lowest BCUT2D eigenvalue weighted by atomic mass is 10.2. The Morgan fingerprint density at radius 2 is 1.74 bits per heavy atom.